The summed E-state index contributed by atoms with van der Waals surface area (Å²) in [6.45, 7) is 6.61. The molecule has 1 aliphatic heterocycles. The number of hydrogen-bond acceptors (Lipinski definition) is 3. The summed E-state index contributed by atoms with van der Waals surface area (Å²) in [7, 11) is 0. The van der Waals surface area contributed by atoms with E-state index in [-0.39, 0.29) is 0 Å². The van der Waals surface area contributed by atoms with Crippen molar-refractivity contribution in [3.63, 3.8) is 0 Å². The van der Waals surface area contributed by atoms with Crippen molar-refractivity contribution in [1.29, 1.82) is 0 Å². The molecule has 1 unspecified atom stereocenters. The topological polar surface area (TPSA) is 30.5 Å². The third-order valence-corrected chi connectivity index (χ3v) is 4.14. The van der Waals surface area contributed by atoms with Crippen molar-refractivity contribution >= 4 is 15.9 Å². The Morgan fingerprint density at radius 1 is 1.25 bits per heavy atom. The second-order valence-corrected chi connectivity index (χ2v) is 6.23. The first-order valence-electron chi connectivity index (χ1n) is 7.52. The van der Waals surface area contributed by atoms with E-state index in [0.717, 1.165) is 22.5 Å². The van der Waals surface area contributed by atoms with Crippen molar-refractivity contribution in [2.45, 2.75) is 52.1 Å². The minimum absolute atomic E-state index is 0.550. The maximum atomic E-state index is 5.65. The van der Waals surface area contributed by atoms with Crippen LogP contribution in [0.1, 0.15) is 45.1 Å². The van der Waals surface area contributed by atoms with Gasteiger partial charge in [0.25, 0.3) is 0 Å². The fraction of sp³-hybridized carbons (Fsp3) is 0.625. The minimum Gasteiger partial charge on any atom is -0.486 e. The maximum Gasteiger partial charge on any atom is 0.175 e. The lowest BCUT2D eigenvalue weighted by atomic mass is 10.1. The molecule has 1 aromatic rings. The summed E-state index contributed by atoms with van der Waals surface area (Å²) in [4.78, 5) is 0. The number of fused-ring (bicyclic) bond motifs is 1. The van der Waals surface area contributed by atoms with E-state index in [1.807, 2.05) is 0 Å². The molecule has 0 fully saturated rings. The fourth-order valence-corrected chi connectivity index (χ4v) is 2.96. The maximum absolute atomic E-state index is 5.65. The molecule has 1 aromatic carbocycles. The Labute approximate surface area is 130 Å². The molecular weight excluding hydrogens is 318 g/mol. The Kier molecular flexibility index (Phi) is 6.17. The van der Waals surface area contributed by atoms with Gasteiger partial charge in [0.05, 0.1) is 4.47 Å². The van der Waals surface area contributed by atoms with Crippen LogP contribution < -0.4 is 14.8 Å². The Bertz CT molecular complexity index is 437. The zero-order valence-corrected chi connectivity index (χ0v) is 14.0. The van der Waals surface area contributed by atoms with E-state index in [1.165, 1.54) is 31.2 Å². The van der Waals surface area contributed by atoms with E-state index in [2.05, 4.69) is 47.2 Å². The van der Waals surface area contributed by atoms with Gasteiger partial charge < -0.3 is 14.8 Å². The van der Waals surface area contributed by atoms with Gasteiger partial charge in [-0.25, -0.2) is 0 Å². The zero-order chi connectivity index (χ0) is 14.4. The number of hydrogen-bond donors (Lipinski definition) is 1. The van der Waals surface area contributed by atoms with Crippen molar-refractivity contribution in [3.05, 3.63) is 22.2 Å². The van der Waals surface area contributed by atoms with E-state index < -0.39 is 0 Å². The molecule has 4 heteroatoms. The van der Waals surface area contributed by atoms with Crippen LogP contribution in [-0.2, 0) is 6.54 Å². The summed E-state index contributed by atoms with van der Waals surface area (Å²) >= 11 is 3.56. The van der Waals surface area contributed by atoms with E-state index in [0.29, 0.717) is 19.3 Å². The van der Waals surface area contributed by atoms with Crippen molar-refractivity contribution < 1.29 is 9.47 Å². The Hall–Kier alpha value is -0.740. The molecule has 0 spiro atoms. The Balaban J connectivity index is 1.88. The van der Waals surface area contributed by atoms with Crippen molar-refractivity contribution in [2.75, 3.05) is 13.2 Å². The monoisotopic (exact) mass is 341 g/mol. The lowest BCUT2D eigenvalue weighted by Gasteiger charge is -2.21. The lowest BCUT2D eigenvalue weighted by Crippen LogP contribution is -2.25. The second-order valence-electron chi connectivity index (χ2n) is 5.38. The van der Waals surface area contributed by atoms with Crippen molar-refractivity contribution in [1.82, 2.24) is 5.32 Å². The van der Waals surface area contributed by atoms with Crippen molar-refractivity contribution in [3.8, 4) is 11.5 Å². The van der Waals surface area contributed by atoms with Crippen LogP contribution in [0.4, 0.5) is 0 Å². The SMILES string of the molecule is CCCCCC(C)NCc1cc(Br)c2c(c1)OCCO2. The van der Waals surface area contributed by atoms with Gasteiger partial charge in [0, 0.05) is 12.6 Å². The molecule has 0 saturated heterocycles. The molecule has 20 heavy (non-hydrogen) atoms. The van der Waals surface area contributed by atoms with Crippen LogP contribution in [0.5, 0.6) is 11.5 Å². The summed E-state index contributed by atoms with van der Waals surface area (Å²) < 4.78 is 12.2. The molecule has 3 nitrogen and oxygen atoms in total. The summed E-state index contributed by atoms with van der Waals surface area (Å²) in [5, 5.41) is 3.57. The smallest absolute Gasteiger partial charge is 0.175 e. The second kappa shape index (κ2) is 7.89. The molecule has 0 saturated carbocycles. The first-order valence-corrected chi connectivity index (χ1v) is 8.31. The molecule has 1 atom stereocenters. The van der Waals surface area contributed by atoms with Gasteiger partial charge in [0.15, 0.2) is 11.5 Å². The third-order valence-electron chi connectivity index (χ3n) is 3.55. The molecule has 2 rings (SSSR count). The van der Waals surface area contributed by atoms with E-state index in [9.17, 15) is 0 Å². The molecule has 1 N–H and O–H groups in total. The lowest BCUT2D eigenvalue weighted by molar-refractivity contribution is 0.170. The quantitative estimate of drug-likeness (QED) is 0.751. The normalized spacial score (nSPS) is 15.2. The van der Waals surface area contributed by atoms with E-state index in [1.54, 1.807) is 0 Å². The summed E-state index contributed by atoms with van der Waals surface area (Å²) in [6, 6.07) is 4.73. The number of rotatable bonds is 7. The molecule has 1 heterocycles. The molecule has 1 aliphatic rings. The predicted molar refractivity (Wildman–Crippen MR) is 85.6 cm³/mol. The minimum atomic E-state index is 0.550. The van der Waals surface area contributed by atoms with Crippen LogP contribution in [0.3, 0.4) is 0 Å². The van der Waals surface area contributed by atoms with Crippen LogP contribution in [0.15, 0.2) is 16.6 Å². The number of ether oxygens (including phenoxy) is 2. The third kappa shape index (κ3) is 4.38. The highest BCUT2D eigenvalue weighted by Gasteiger charge is 2.16. The molecular formula is C16H24BrNO2. The Morgan fingerprint density at radius 3 is 2.85 bits per heavy atom. The standard InChI is InChI=1S/C16H24BrNO2/c1-3-4-5-6-12(2)18-11-13-9-14(17)16-15(10-13)19-7-8-20-16/h9-10,12,18H,3-8,11H2,1-2H3. The van der Waals surface area contributed by atoms with E-state index >= 15 is 0 Å². The van der Waals surface area contributed by atoms with E-state index in [4.69, 9.17) is 9.47 Å². The summed E-state index contributed by atoms with van der Waals surface area (Å²) in [6.07, 6.45) is 5.14. The Morgan fingerprint density at radius 2 is 2.05 bits per heavy atom. The largest absolute Gasteiger partial charge is 0.486 e. The van der Waals surface area contributed by atoms with Crippen LogP contribution >= 0.6 is 15.9 Å². The summed E-state index contributed by atoms with van der Waals surface area (Å²) in [5.74, 6) is 1.68. The zero-order valence-electron chi connectivity index (χ0n) is 12.4. The van der Waals surface area contributed by atoms with Gasteiger partial charge in [-0.15, -0.1) is 0 Å². The average molecular weight is 342 g/mol. The van der Waals surface area contributed by atoms with Gasteiger partial charge >= 0.3 is 0 Å². The van der Waals surface area contributed by atoms with Gasteiger partial charge in [-0.2, -0.15) is 0 Å². The van der Waals surface area contributed by atoms with Crippen LogP contribution in [0.2, 0.25) is 0 Å². The highest BCUT2D eigenvalue weighted by molar-refractivity contribution is 9.10. The molecule has 0 radical (unpaired) electrons. The highest BCUT2D eigenvalue weighted by atomic mass is 79.9. The number of nitrogens with one attached hydrogen (secondary N) is 1. The molecule has 0 bridgehead atoms. The van der Waals surface area contributed by atoms with Gasteiger partial charge in [-0.3, -0.25) is 0 Å². The first-order chi connectivity index (χ1) is 9.70. The average Bonchev–Trinajstić information content (AvgIpc) is 2.45. The summed E-state index contributed by atoms with van der Waals surface area (Å²) in [5.41, 5.74) is 1.23. The molecule has 0 amide bonds. The van der Waals surface area contributed by atoms with Crippen LogP contribution in [0, 0.1) is 0 Å². The number of halogens is 1. The predicted octanol–water partition coefficient (Wildman–Crippen LogP) is 4.28. The van der Waals surface area contributed by atoms with Crippen LogP contribution in [-0.4, -0.2) is 19.3 Å². The first kappa shape index (κ1) is 15.6. The van der Waals surface area contributed by atoms with Crippen molar-refractivity contribution in [2.24, 2.45) is 0 Å². The molecule has 0 aliphatic carbocycles. The highest BCUT2D eigenvalue weighted by Crippen LogP contribution is 2.38. The van der Waals surface area contributed by atoms with Gasteiger partial charge in [0.1, 0.15) is 13.2 Å². The molecule has 112 valence electrons. The van der Waals surface area contributed by atoms with Gasteiger partial charge in [-0.1, -0.05) is 26.2 Å². The van der Waals surface area contributed by atoms with Crippen LogP contribution in [0.25, 0.3) is 0 Å². The number of unbranched alkanes of at least 4 members (excludes halogenated alkanes) is 2. The van der Waals surface area contributed by atoms with Gasteiger partial charge in [-0.05, 0) is 47.0 Å². The number of benzene rings is 1. The fourth-order valence-electron chi connectivity index (χ4n) is 2.36. The van der Waals surface area contributed by atoms with Gasteiger partial charge in [0.2, 0.25) is 0 Å². The molecule has 0 aromatic heterocycles.